The summed E-state index contributed by atoms with van der Waals surface area (Å²) in [6, 6.07) is 6.24. The number of hydrogen-bond acceptors (Lipinski definition) is 4. The summed E-state index contributed by atoms with van der Waals surface area (Å²) in [5.74, 6) is 0. The van der Waals surface area contributed by atoms with Crippen LogP contribution in [0.3, 0.4) is 0 Å². The lowest BCUT2D eigenvalue weighted by Crippen LogP contribution is -2.15. The molecule has 4 nitrogen and oxygen atoms in total. The second kappa shape index (κ2) is 4.97. The first kappa shape index (κ1) is 13.8. The van der Waals surface area contributed by atoms with Crippen molar-refractivity contribution in [2.24, 2.45) is 0 Å². The molecule has 0 amide bonds. The van der Waals surface area contributed by atoms with Crippen LogP contribution in [0.1, 0.15) is 32.2 Å². The lowest BCUT2D eigenvalue weighted by molar-refractivity contribution is 0.566. The second-order valence-electron chi connectivity index (χ2n) is 5.97. The molecule has 0 aliphatic carbocycles. The van der Waals surface area contributed by atoms with Crippen LogP contribution in [0.5, 0.6) is 0 Å². The average molecular weight is 296 g/mol. The molecule has 3 rings (SSSR count). The molecule has 0 aliphatic rings. The van der Waals surface area contributed by atoms with Gasteiger partial charge in [0.15, 0.2) is 4.96 Å². The minimum atomic E-state index is -0.0760. The molecule has 0 bridgehead atoms. The number of thiazole rings is 1. The molecule has 3 aromatic rings. The Hall–Kier alpha value is -2.19. The smallest absolute Gasteiger partial charge is 0.194 e. The van der Waals surface area contributed by atoms with Crippen LogP contribution in [0, 0.1) is 11.3 Å². The van der Waals surface area contributed by atoms with Gasteiger partial charge in [0.2, 0.25) is 0 Å². The number of imidazole rings is 1. The van der Waals surface area contributed by atoms with E-state index < -0.39 is 0 Å². The minimum Gasteiger partial charge on any atom is -0.286 e. The molecule has 5 heteroatoms. The van der Waals surface area contributed by atoms with Crippen molar-refractivity contribution in [3.63, 3.8) is 0 Å². The zero-order valence-corrected chi connectivity index (χ0v) is 13.1. The number of fused-ring (bicyclic) bond motifs is 1. The predicted molar refractivity (Wildman–Crippen MR) is 84.3 cm³/mol. The van der Waals surface area contributed by atoms with Gasteiger partial charge in [-0.3, -0.25) is 9.38 Å². The van der Waals surface area contributed by atoms with E-state index in [4.69, 9.17) is 4.98 Å². The summed E-state index contributed by atoms with van der Waals surface area (Å²) in [5.41, 5.74) is 4.09. The largest absolute Gasteiger partial charge is 0.286 e. The Kier molecular flexibility index (Phi) is 3.26. The minimum absolute atomic E-state index is 0.0760. The normalized spacial score (nSPS) is 11.7. The fourth-order valence-corrected chi connectivity index (χ4v) is 3.39. The van der Waals surface area contributed by atoms with E-state index in [0.29, 0.717) is 6.42 Å². The number of nitrogens with zero attached hydrogens (tertiary/aromatic N) is 4. The maximum Gasteiger partial charge on any atom is 0.194 e. The zero-order valence-electron chi connectivity index (χ0n) is 12.3. The molecule has 0 aromatic carbocycles. The first-order valence-electron chi connectivity index (χ1n) is 6.79. The molecule has 3 heterocycles. The number of aromatic nitrogens is 3. The molecule has 0 spiro atoms. The summed E-state index contributed by atoms with van der Waals surface area (Å²) in [5, 5.41) is 11.3. The summed E-state index contributed by atoms with van der Waals surface area (Å²) in [6.45, 7) is 6.39. The van der Waals surface area contributed by atoms with Gasteiger partial charge in [-0.2, -0.15) is 5.26 Å². The van der Waals surface area contributed by atoms with E-state index in [2.05, 4.69) is 41.6 Å². The first-order chi connectivity index (χ1) is 10.0. The molecule has 0 unspecified atom stereocenters. The molecule has 0 atom stereocenters. The van der Waals surface area contributed by atoms with Crippen LogP contribution in [0.2, 0.25) is 0 Å². The van der Waals surface area contributed by atoms with Crippen molar-refractivity contribution in [3.05, 3.63) is 41.3 Å². The number of pyridine rings is 1. The van der Waals surface area contributed by atoms with Crippen LogP contribution >= 0.6 is 11.3 Å². The third-order valence-electron chi connectivity index (χ3n) is 3.39. The van der Waals surface area contributed by atoms with E-state index in [0.717, 1.165) is 27.6 Å². The Balaban J connectivity index is 2.30. The average Bonchev–Trinajstić information content (AvgIpc) is 3.00. The van der Waals surface area contributed by atoms with Crippen LogP contribution in [0.25, 0.3) is 16.2 Å². The van der Waals surface area contributed by atoms with Crippen LogP contribution in [-0.4, -0.2) is 14.4 Å². The zero-order chi connectivity index (χ0) is 15.0. The SMILES string of the molecule is CC(C)(C)c1nc2scc(-c3ccncc3)n2c1CC#N. The molecule has 0 N–H and O–H groups in total. The van der Waals surface area contributed by atoms with Crippen LogP contribution in [0.15, 0.2) is 29.9 Å². The predicted octanol–water partition coefficient (Wildman–Crippen LogP) is 3.82. The third-order valence-corrected chi connectivity index (χ3v) is 4.22. The van der Waals surface area contributed by atoms with Crippen molar-refractivity contribution in [2.45, 2.75) is 32.6 Å². The highest BCUT2D eigenvalue weighted by Crippen LogP contribution is 2.33. The molecular formula is C16H16N4S. The number of rotatable bonds is 2. The van der Waals surface area contributed by atoms with Gasteiger partial charge in [-0.05, 0) is 12.1 Å². The molecule has 0 radical (unpaired) electrons. The molecule has 3 aromatic heterocycles. The summed E-state index contributed by atoms with van der Waals surface area (Å²) >= 11 is 1.61. The van der Waals surface area contributed by atoms with Gasteiger partial charge in [0.05, 0.1) is 29.6 Å². The van der Waals surface area contributed by atoms with Gasteiger partial charge in [0.25, 0.3) is 0 Å². The van der Waals surface area contributed by atoms with Gasteiger partial charge >= 0.3 is 0 Å². The highest BCUT2D eigenvalue weighted by Gasteiger charge is 2.25. The third kappa shape index (κ3) is 2.32. The van der Waals surface area contributed by atoms with Crippen molar-refractivity contribution >= 4 is 16.3 Å². The Morgan fingerprint density at radius 1 is 1.29 bits per heavy atom. The van der Waals surface area contributed by atoms with E-state index in [-0.39, 0.29) is 5.41 Å². The van der Waals surface area contributed by atoms with E-state index in [9.17, 15) is 5.26 Å². The summed E-state index contributed by atoms with van der Waals surface area (Å²) in [6.07, 6.45) is 3.93. The lowest BCUT2D eigenvalue weighted by Gasteiger charge is -2.17. The molecule has 21 heavy (non-hydrogen) atoms. The van der Waals surface area contributed by atoms with E-state index in [1.807, 2.05) is 12.1 Å². The van der Waals surface area contributed by atoms with Gasteiger partial charge in [-0.25, -0.2) is 4.98 Å². The topological polar surface area (TPSA) is 54.0 Å². The Morgan fingerprint density at radius 3 is 2.62 bits per heavy atom. The molecule has 0 saturated carbocycles. The molecule has 0 fully saturated rings. The maximum absolute atomic E-state index is 9.19. The van der Waals surface area contributed by atoms with Crippen molar-refractivity contribution in [2.75, 3.05) is 0 Å². The van der Waals surface area contributed by atoms with Crippen LogP contribution < -0.4 is 0 Å². The quantitative estimate of drug-likeness (QED) is 0.722. The van der Waals surface area contributed by atoms with Crippen molar-refractivity contribution < 1.29 is 0 Å². The Labute approximate surface area is 127 Å². The van der Waals surface area contributed by atoms with Gasteiger partial charge in [0, 0.05) is 28.8 Å². The highest BCUT2D eigenvalue weighted by molar-refractivity contribution is 7.15. The standard InChI is InChI=1S/C16H16N4S/c1-16(2,3)14-12(4-7-17)20-13(10-21-15(20)19-14)11-5-8-18-9-6-11/h5-6,8-10H,4H2,1-3H3. The Bertz CT molecular complexity index is 816. The van der Waals surface area contributed by atoms with Crippen LogP contribution in [-0.2, 0) is 11.8 Å². The molecule has 106 valence electrons. The van der Waals surface area contributed by atoms with Crippen molar-refractivity contribution in [3.8, 4) is 17.3 Å². The van der Waals surface area contributed by atoms with E-state index in [1.54, 1.807) is 23.7 Å². The van der Waals surface area contributed by atoms with Gasteiger partial charge in [-0.15, -0.1) is 11.3 Å². The maximum atomic E-state index is 9.19. The molecule has 0 saturated heterocycles. The number of nitriles is 1. The highest BCUT2D eigenvalue weighted by atomic mass is 32.1. The van der Waals surface area contributed by atoms with Gasteiger partial charge in [-0.1, -0.05) is 20.8 Å². The lowest BCUT2D eigenvalue weighted by atomic mass is 9.90. The monoisotopic (exact) mass is 296 g/mol. The second-order valence-corrected chi connectivity index (χ2v) is 6.80. The van der Waals surface area contributed by atoms with Gasteiger partial charge in [0.1, 0.15) is 0 Å². The van der Waals surface area contributed by atoms with Crippen LogP contribution in [0.4, 0.5) is 0 Å². The van der Waals surface area contributed by atoms with Crippen molar-refractivity contribution in [1.82, 2.24) is 14.4 Å². The van der Waals surface area contributed by atoms with Gasteiger partial charge < -0.3 is 0 Å². The molecular weight excluding hydrogens is 280 g/mol. The number of hydrogen-bond donors (Lipinski definition) is 0. The van der Waals surface area contributed by atoms with Crippen molar-refractivity contribution in [1.29, 1.82) is 5.26 Å². The summed E-state index contributed by atoms with van der Waals surface area (Å²) in [7, 11) is 0. The van der Waals surface area contributed by atoms with E-state index >= 15 is 0 Å². The fourth-order valence-electron chi connectivity index (χ4n) is 2.48. The summed E-state index contributed by atoms with van der Waals surface area (Å²) < 4.78 is 2.11. The fraction of sp³-hybridized carbons (Fsp3) is 0.312. The summed E-state index contributed by atoms with van der Waals surface area (Å²) in [4.78, 5) is 9.77. The Morgan fingerprint density at radius 2 is 2.00 bits per heavy atom. The van der Waals surface area contributed by atoms with E-state index in [1.165, 1.54) is 0 Å². The first-order valence-corrected chi connectivity index (χ1v) is 7.67. The molecule has 0 aliphatic heterocycles.